The zero-order valence-corrected chi connectivity index (χ0v) is 17.2. The summed E-state index contributed by atoms with van der Waals surface area (Å²) < 4.78 is 46.1. The molecule has 5 atom stereocenters. The van der Waals surface area contributed by atoms with E-state index in [2.05, 4.69) is 10.2 Å². The molecule has 1 aliphatic heterocycles. The Morgan fingerprint density at radius 1 is 0.879 bits per heavy atom. The van der Waals surface area contributed by atoms with Crippen LogP contribution in [0.5, 0.6) is 0 Å². The first-order chi connectivity index (χ1) is 15.7. The van der Waals surface area contributed by atoms with Gasteiger partial charge in [-0.15, -0.1) is 10.2 Å². The fourth-order valence-corrected chi connectivity index (χ4v) is 3.78. The molecule has 176 valence electrons. The highest BCUT2D eigenvalue weighted by atomic mass is 19.4. The normalized spacial score (nSPS) is 25.8. The molecule has 0 amide bonds. The Bertz CT molecular complexity index is 1070. The van der Waals surface area contributed by atoms with E-state index < -0.39 is 48.9 Å². The van der Waals surface area contributed by atoms with Gasteiger partial charge in [0.2, 0.25) is 0 Å². The Kier molecular flexibility index (Phi) is 6.50. The lowest BCUT2D eigenvalue weighted by atomic mass is 9.94. The van der Waals surface area contributed by atoms with Crippen molar-refractivity contribution in [1.82, 2.24) is 14.8 Å². The number of nitrogens with zero attached hydrogens (tertiary/aromatic N) is 3. The lowest BCUT2D eigenvalue weighted by Crippen LogP contribution is -2.55. The highest BCUT2D eigenvalue weighted by Gasteiger charge is 2.46. The number of ether oxygens (including phenoxy) is 1. The van der Waals surface area contributed by atoms with E-state index in [1.807, 2.05) is 30.3 Å². The lowest BCUT2D eigenvalue weighted by molar-refractivity contribution is -0.234. The topological polar surface area (TPSA) is 121 Å². The van der Waals surface area contributed by atoms with Crippen LogP contribution in [0.2, 0.25) is 0 Å². The number of alkyl halides is 3. The number of hydrogen-bond acceptors (Lipinski definition) is 7. The van der Waals surface area contributed by atoms with E-state index >= 15 is 0 Å². The lowest BCUT2D eigenvalue weighted by Gasteiger charge is -2.39. The van der Waals surface area contributed by atoms with Gasteiger partial charge in [0.05, 0.1) is 18.7 Å². The molecule has 0 bridgehead atoms. The second-order valence-electron chi connectivity index (χ2n) is 7.78. The number of benzene rings is 2. The molecule has 0 radical (unpaired) electrons. The average molecular weight is 465 g/mol. The van der Waals surface area contributed by atoms with Crippen molar-refractivity contribution >= 4 is 0 Å². The molecule has 0 saturated carbocycles. The Balaban J connectivity index is 1.77. The van der Waals surface area contributed by atoms with Crippen molar-refractivity contribution in [3.05, 3.63) is 71.5 Å². The van der Waals surface area contributed by atoms with Crippen LogP contribution in [0.15, 0.2) is 54.6 Å². The van der Waals surface area contributed by atoms with Crippen LogP contribution in [0.3, 0.4) is 0 Å². The summed E-state index contributed by atoms with van der Waals surface area (Å²) in [5.41, 5.74) is 0.355. The first-order valence-corrected chi connectivity index (χ1v) is 10.2. The van der Waals surface area contributed by atoms with Gasteiger partial charge in [0.25, 0.3) is 0 Å². The molecular formula is C22H22F3N3O5. The molecule has 0 spiro atoms. The van der Waals surface area contributed by atoms with Gasteiger partial charge in [-0.05, 0) is 17.7 Å². The van der Waals surface area contributed by atoms with E-state index in [4.69, 9.17) is 4.74 Å². The van der Waals surface area contributed by atoms with Gasteiger partial charge < -0.3 is 29.7 Å². The highest BCUT2D eigenvalue weighted by Crippen LogP contribution is 2.35. The van der Waals surface area contributed by atoms with Crippen molar-refractivity contribution in [2.24, 2.45) is 0 Å². The third-order valence-electron chi connectivity index (χ3n) is 5.58. The SMILES string of the molecule is OC[C@H]1O[C@@H](c2nnc(-c3ccc(C(F)(F)F)cc3)n2Cc2ccccc2)[C@H](O)[C@@H](O)[C@@H]1O. The summed E-state index contributed by atoms with van der Waals surface area (Å²) in [6.07, 6.45) is -11.6. The zero-order chi connectivity index (χ0) is 23.8. The third kappa shape index (κ3) is 4.63. The molecule has 11 heteroatoms. The van der Waals surface area contributed by atoms with Gasteiger partial charge in [-0.25, -0.2) is 0 Å². The molecule has 2 heterocycles. The molecule has 0 unspecified atom stereocenters. The molecule has 1 aliphatic rings. The minimum atomic E-state index is -4.49. The largest absolute Gasteiger partial charge is 0.416 e. The molecule has 4 rings (SSSR count). The van der Waals surface area contributed by atoms with Gasteiger partial charge in [0.1, 0.15) is 30.5 Å². The third-order valence-corrected chi connectivity index (χ3v) is 5.58. The van der Waals surface area contributed by atoms with Crippen LogP contribution < -0.4 is 0 Å². The summed E-state index contributed by atoms with van der Waals surface area (Å²) in [7, 11) is 0. The van der Waals surface area contributed by atoms with Gasteiger partial charge in [-0.3, -0.25) is 0 Å². The molecule has 33 heavy (non-hydrogen) atoms. The molecule has 3 aromatic rings. The van der Waals surface area contributed by atoms with Crippen LogP contribution in [-0.4, -0.2) is 66.2 Å². The molecular weight excluding hydrogens is 443 g/mol. The number of aliphatic hydroxyl groups excluding tert-OH is 4. The van der Waals surface area contributed by atoms with E-state index in [-0.39, 0.29) is 18.2 Å². The molecule has 8 nitrogen and oxygen atoms in total. The number of rotatable bonds is 5. The molecule has 1 aromatic heterocycles. The summed E-state index contributed by atoms with van der Waals surface area (Å²) in [4.78, 5) is 0. The number of aromatic nitrogens is 3. The monoisotopic (exact) mass is 465 g/mol. The first-order valence-electron chi connectivity index (χ1n) is 10.2. The van der Waals surface area contributed by atoms with E-state index in [0.717, 1.165) is 17.7 Å². The summed E-state index contributed by atoms with van der Waals surface area (Å²) in [6.45, 7) is -0.422. The fourth-order valence-electron chi connectivity index (χ4n) is 3.78. The second-order valence-corrected chi connectivity index (χ2v) is 7.78. The van der Waals surface area contributed by atoms with E-state index in [1.165, 1.54) is 12.1 Å². The Morgan fingerprint density at radius 3 is 2.15 bits per heavy atom. The molecule has 1 saturated heterocycles. The van der Waals surface area contributed by atoms with Crippen molar-refractivity contribution in [2.45, 2.75) is 43.2 Å². The van der Waals surface area contributed by atoms with E-state index in [0.29, 0.717) is 5.56 Å². The minimum absolute atomic E-state index is 0.0886. The smallest absolute Gasteiger partial charge is 0.394 e. The van der Waals surface area contributed by atoms with Gasteiger partial charge in [-0.2, -0.15) is 13.2 Å². The standard InChI is InChI=1S/C22H22F3N3O5/c23-22(24,25)14-8-6-13(7-9-14)20-26-27-21(28(20)10-12-4-2-1-3-5-12)19-18(32)17(31)16(30)15(11-29)33-19/h1-9,15-19,29-32H,10-11H2/t15-,16-,17+,18-,19-/m1/s1. The summed E-state index contributed by atoms with van der Waals surface area (Å²) in [5, 5.41) is 48.5. The number of aliphatic hydroxyl groups is 4. The zero-order valence-electron chi connectivity index (χ0n) is 17.2. The van der Waals surface area contributed by atoms with Crippen molar-refractivity contribution < 1.29 is 38.3 Å². The Labute approximate surface area is 186 Å². The minimum Gasteiger partial charge on any atom is -0.394 e. The molecule has 4 N–H and O–H groups in total. The number of hydrogen-bond donors (Lipinski definition) is 4. The van der Waals surface area contributed by atoms with Gasteiger partial charge in [-0.1, -0.05) is 42.5 Å². The second kappa shape index (κ2) is 9.20. The van der Waals surface area contributed by atoms with Crippen molar-refractivity contribution in [2.75, 3.05) is 6.61 Å². The summed E-state index contributed by atoms with van der Waals surface area (Å²) >= 11 is 0. The van der Waals surface area contributed by atoms with Crippen LogP contribution >= 0.6 is 0 Å². The Hall–Kier alpha value is -2.83. The maximum atomic E-state index is 13.0. The molecule has 2 aromatic carbocycles. The van der Waals surface area contributed by atoms with Crippen LogP contribution in [0.4, 0.5) is 13.2 Å². The number of halogens is 3. The summed E-state index contributed by atoms with van der Waals surface area (Å²) in [5.74, 6) is 0.310. The predicted molar refractivity (Wildman–Crippen MR) is 109 cm³/mol. The predicted octanol–water partition coefficient (Wildman–Crippen LogP) is 1.53. The van der Waals surface area contributed by atoms with Crippen LogP contribution in [0.25, 0.3) is 11.4 Å². The average Bonchev–Trinajstić information content (AvgIpc) is 3.21. The van der Waals surface area contributed by atoms with Crippen molar-refractivity contribution in [1.29, 1.82) is 0 Å². The van der Waals surface area contributed by atoms with Crippen LogP contribution in [0.1, 0.15) is 23.1 Å². The molecule has 1 fully saturated rings. The van der Waals surface area contributed by atoms with Gasteiger partial charge in [0, 0.05) is 5.56 Å². The van der Waals surface area contributed by atoms with Gasteiger partial charge in [0.15, 0.2) is 11.6 Å². The van der Waals surface area contributed by atoms with E-state index in [1.54, 1.807) is 4.57 Å². The highest BCUT2D eigenvalue weighted by molar-refractivity contribution is 5.56. The van der Waals surface area contributed by atoms with Crippen LogP contribution in [0, 0.1) is 0 Å². The van der Waals surface area contributed by atoms with Crippen LogP contribution in [-0.2, 0) is 17.5 Å². The summed E-state index contributed by atoms with van der Waals surface area (Å²) in [6, 6.07) is 13.5. The first kappa shape index (κ1) is 23.3. The quantitative estimate of drug-likeness (QED) is 0.451. The van der Waals surface area contributed by atoms with Crippen molar-refractivity contribution in [3.63, 3.8) is 0 Å². The van der Waals surface area contributed by atoms with E-state index in [9.17, 15) is 33.6 Å². The molecule has 0 aliphatic carbocycles. The maximum Gasteiger partial charge on any atom is 0.416 e. The maximum absolute atomic E-state index is 13.0. The Morgan fingerprint density at radius 2 is 1.55 bits per heavy atom. The fraction of sp³-hybridized carbons (Fsp3) is 0.364. The van der Waals surface area contributed by atoms with Gasteiger partial charge >= 0.3 is 6.18 Å². The van der Waals surface area contributed by atoms with Crippen molar-refractivity contribution in [3.8, 4) is 11.4 Å².